The number of nitrogens with one attached hydrogen (secondary N) is 2. The molecule has 1 heterocycles. The summed E-state index contributed by atoms with van der Waals surface area (Å²) in [6, 6.07) is 8.42. The third-order valence-corrected chi connectivity index (χ3v) is 3.17. The van der Waals surface area contributed by atoms with E-state index in [4.69, 9.17) is 9.15 Å². The molecule has 1 aromatic heterocycles. The number of rotatable bonds is 7. The topological polar surface area (TPSA) is 97.6 Å². The maximum absolute atomic E-state index is 13.0. The van der Waals surface area contributed by atoms with E-state index in [1.54, 1.807) is 12.1 Å². The molecule has 0 saturated heterocycles. The largest absolute Gasteiger partial charge is 0.467 e. The maximum Gasteiger partial charge on any atom is 0.326 e. The summed E-state index contributed by atoms with van der Waals surface area (Å²) < 4.78 is 23.0. The fraction of sp³-hybridized carbons (Fsp3) is 0.235. The number of hydrogen-bond acceptors (Lipinski definition) is 5. The Hall–Kier alpha value is -3.16. The maximum atomic E-state index is 13.0. The van der Waals surface area contributed by atoms with Crippen LogP contribution >= 0.6 is 0 Å². The summed E-state index contributed by atoms with van der Waals surface area (Å²) in [5.41, 5.74) is 0.0806. The molecule has 0 unspecified atom stereocenters. The molecule has 0 aliphatic carbocycles. The molecular formula is C17H17FN2O5. The second-order valence-corrected chi connectivity index (χ2v) is 5.12. The molecule has 0 fully saturated rings. The number of carbonyl (C=O) groups is 3. The van der Waals surface area contributed by atoms with Crippen LogP contribution in [0.5, 0.6) is 0 Å². The van der Waals surface area contributed by atoms with Gasteiger partial charge in [0.05, 0.1) is 12.8 Å². The van der Waals surface area contributed by atoms with Crippen molar-refractivity contribution < 1.29 is 27.9 Å². The van der Waals surface area contributed by atoms with Gasteiger partial charge in [-0.3, -0.25) is 14.4 Å². The van der Waals surface area contributed by atoms with E-state index in [0.29, 0.717) is 5.76 Å². The highest BCUT2D eigenvalue weighted by molar-refractivity contribution is 5.96. The smallest absolute Gasteiger partial charge is 0.326 e. The average molecular weight is 348 g/mol. The van der Waals surface area contributed by atoms with Crippen molar-refractivity contribution in [2.24, 2.45) is 0 Å². The van der Waals surface area contributed by atoms with Crippen LogP contribution in [0.2, 0.25) is 0 Å². The molecule has 2 rings (SSSR count). The lowest BCUT2D eigenvalue weighted by molar-refractivity contribution is -0.153. The summed E-state index contributed by atoms with van der Waals surface area (Å²) in [6.45, 7) is 1.14. The van der Waals surface area contributed by atoms with Gasteiger partial charge in [-0.1, -0.05) is 6.07 Å². The molecule has 25 heavy (non-hydrogen) atoms. The molecule has 1 aromatic carbocycles. The van der Waals surface area contributed by atoms with Gasteiger partial charge in [-0.25, -0.2) is 4.39 Å². The third kappa shape index (κ3) is 5.76. The number of ether oxygens (including phenoxy) is 1. The Labute approximate surface area is 143 Å². The van der Waals surface area contributed by atoms with Gasteiger partial charge in [0.1, 0.15) is 18.1 Å². The Morgan fingerprint density at radius 2 is 2.00 bits per heavy atom. The van der Waals surface area contributed by atoms with Crippen LogP contribution in [0, 0.1) is 5.82 Å². The predicted octanol–water partition coefficient (Wildman–Crippen LogP) is 1.40. The second kappa shape index (κ2) is 8.62. The molecule has 0 aliphatic heterocycles. The molecule has 0 aliphatic rings. The first-order chi connectivity index (χ1) is 12.0. The van der Waals surface area contributed by atoms with Crippen LogP contribution in [0.3, 0.4) is 0 Å². The van der Waals surface area contributed by atoms with Gasteiger partial charge in [0.2, 0.25) is 0 Å². The first-order valence-electron chi connectivity index (χ1n) is 7.49. The summed E-state index contributed by atoms with van der Waals surface area (Å²) in [7, 11) is 0. The fourth-order valence-electron chi connectivity index (χ4n) is 1.91. The van der Waals surface area contributed by atoms with E-state index in [9.17, 15) is 18.8 Å². The van der Waals surface area contributed by atoms with Crippen molar-refractivity contribution in [2.75, 3.05) is 6.54 Å². The van der Waals surface area contributed by atoms with Crippen molar-refractivity contribution in [3.05, 3.63) is 59.8 Å². The molecule has 1 atom stereocenters. The molecule has 8 heteroatoms. The summed E-state index contributed by atoms with van der Waals surface area (Å²) in [6.07, 6.45) is 0.445. The average Bonchev–Trinajstić information content (AvgIpc) is 3.11. The highest BCUT2D eigenvalue weighted by atomic mass is 19.1. The van der Waals surface area contributed by atoms with Gasteiger partial charge in [0.15, 0.2) is 6.10 Å². The van der Waals surface area contributed by atoms with Crippen LogP contribution in [-0.2, 0) is 20.9 Å². The third-order valence-electron chi connectivity index (χ3n) is 3.17. The fourth-order valence-corrected chi connectivity index (χ4v) is 1.91. The first-order valence-corrected chi connectivity index (χ1v) is 7.49. The van der Waals surface area contributed by atoms with Gasteiger partial charge >= 0.3 is 5.97 Å². The molecule has 7 nitrogen and oxygen atoms in total. The van der Waals surface area contributed by atoms with Crippen molar-refractivity contribution in [2.45, 2.75) is 19.6 Å². The minimum absolute atomic E-state index is 0.0806. The molecule has 2 aromatic rings. The van der Waals surface area contributed by atoms with Crippen LogP contribution in [0.1, 0.15) is 23.0 Å². The van der Waals surface area contributed by atoms with Crippen LogP contribution in [0.25, 0.3) is 0 Å². The van der Waals surface area contributed by atoms with Gasteiger partial charge in [-0.05, 0) is 37.3 Å². The molecule has 2 amide bonds. The quantitative estimate of drug-likeness (QED) is 0.737. The number of amides is 2. The number of halogens is 1. The van der Waals surface area contributed by atoms with Crippen LogP contribution < -0.4 is 10.6 Å². The number of esters is 1. The van der Waals surface area contributed by atoms with E-state index in [-0.39, 0.29) is 12.1 Å². The lowest BCUT2D eigenvalue weighted by atomic mass is 10.2. The Morgan fingerprint density at radius 3 is 2.68 bits per heavy atom. The zero-order valence-electron chi connectivity index (χ0n) is 13.5. The molecular weight excluding hydrogens is 331 g/mol. The molecule has 0 radical (unpaired) electrons. The Morgan fingerprint density at radius 1 is 1.20 bits per heavy atom. The summed E-state index contributed by atoms with van der Waals surface area (Å²) in [4.78, 5) is 35.3. The van der Waals surface area contributed by atoms with Crippen molar-refractivity contribution >= 4 is 17.8 Å². The van der Waals surface area contributed by atoms with E-state index < -0.39 is 36.2 Å². The van der Waals surface area contributed by atoms with E-state index in [1.165, 1.54) is 31.4 Å². The summed E-state index contributed by atoms with van der Waals surface area (Å²) >= 11 is 0. The standard InChI is InChI=1S/C17H17FN2O5/c1-11(16(22)19-9-14-6-3-7-24-14)25-15(21)10-20-17(23)12-4-2-5-13(18)8-12/h2-8,11H,9-10H2,1H3,(H,19,22)(H,20,23)/t11-/m1/s1. The van der Waals surface area contributed by atoms with Crippen LogP contribution in [0.15, 0.2) is 47.1 Å². The highest BCUT2D eigenvalue weighted by Gasteiger charge is 2.18. The summed E-state index contributed by atoms with van der Waals surface area (Å²) in [5, 5.41) is 4.85. The lowest BCUT2D eigenvalue weighted by Crippen LogP contribution is -2.38. The zero-order valence-corrected chi connectivity index (χ0v) is 13.5. The number of hydrogen-bond donors (Lipinski definition) is 2. The van der Waals surface area contributed by atoms with Crippen molar-refractivity contribution in [1.82, 2.24) is 10.6 Å². The van der Waals surface area contributed by atoms with Crippen LogP contribution in [-0.4, -0.2) is 30.4 Å². The van der Waals surface area contributed by atoms with Gasteiger partial charge in [0.25, 0.3) is 11.8 Å². The Kier molecular flexibility index (Phi) is 6.27. The second-order valence-electron chi connectivity index (χ2n) is 5.12. The molecule has 132 valence electrons. The minimum Gasteiger partial charge on any atom is -0.467 e. The van der Waals surface area contributed by atoms with Crippen molar-refractivity contribution in [3.63, 3.8) is 0 Å². The first kappa shape index (κ1) is 18.2. The van der Waals surface area contributed by atoms with Gasteiger partial charge in [-0.2, -0.15) is 0 Å². The van der Waals surface area contributed by atoms with Gasteiger partial charge < -0.3 is 19.8 Å². The molecule has 0 saturated carbocycles. The van der Waals surface area contributed by atoms with Gasteiger partial charge in [-0.15, -0.1) is 0 Å². The monoisotopic (exact) mass is 348 g/mol. The van der Waals surface area contributed by atoms with Crippen molar-refractivity contribution in [1.29, 1.82) is 0 Å². The van der Waals surface area contributed by atoms with E-state index >= 15 is 0 Å². The van der Waals surface area contributed by atoms with E-state index in [0.717, 1.165) is 6.07 Å². The predicted molar refractivity (Wildman–Crippen MR) is 84.8 cm³/mol. The highest BCUT2D eigenvalue weighted by Crippen LogP contribution is 2.03. The minimum atomic E-state index is -1.03. The molecule has 2 N–H and O–H groups in total. The van der Waals surface area contributed by atoms with E-state index in [1.807, 2.05) is 0 Å². The normalized spacial score (nSPS) is 11.4. The van der Waals surface area contributed by atoms with Crippen molar-refractivity contribution in [3.8, 4) is 0 Å². The zero-order chi connectivity index (χ0) is 18.2. The Balaban J connectivity index is 1.73. The van der Waals surface area contributed by atoms with Crippen LogP contribution in [0.4, 0.5) is 4.39 Å². The van der Waals surface area contributed by atoms with Gasteiger partial charge in [0, 0.05) is 5.56 Å². The summed E-state index contributed by atoms with van der Waals surface area (Å²) in [5.74, 6) is -1.90. The number of carbonyl (C=O) groups excluding carboxylic acids is 3. The SMILES string of the molecule is C[C@@H](OC(=O)CNC(=O)c1cccc(F)c1)C(=O)NCc1ccco1. The number of furan rings is 1. The molecule has 0 spiro atoms. The molecule has 0 bridgehead atoms. The lowest BCUT2D eigenvalue weighted by Gasteiger charge is -2.13. The Bertz CT molecular complexity index is 745. The number of benzene rings is 1. The van der Waals surface area contributed by atoms with E-state index in [2.05, 4.69) is 10.6 Å².